The van der Waals surface area contributed by atoms with Gasteiger partial charge in [0.2, 0.25) is 0 Å². The minimum atomic E-state index is -1.04. The van der Waals surface area contributed by atoms with Crippen molar-refractivity contribution < 1.29 is 23.4 Å². The summed E-state index contributed by atoms with van der Waals surface area (Å²) in [5.41, 5.74) is 4.13. The average molecular weight is 466 g/mol. The Balaban J connectivity index is 1.66. The van der Waals surface area contributed by atoms with Gasteiger partial charge in [-0.2, -0.15) is 0 Å². The second-order valence-electron chi connectivity index (χ2n) is 8.93. The summed E-state index contributed by atoms with van der Waals surface area (Å²) >= 11 is 0. The zero-order valence-corrected chi connectivity index (χ0v) is 19.4. The Bertz CT molecular complexity index is 1180. The molecule has 3 aromatic rings. The van der Waals surface area contributed by atoms with Crippen LogP contribution in [0.15, 0.2) is 60.7 Å². The molecule has 6 heteroatoms. The SMILES string of the molecule is CCC1CN(Cc2cc(C(CC(=O)O)c3ccc(F)cc3F)ccc2C)Cc2ccccc2O1. The summed E-state index contributed by atoms with van der Waals surface area (Å²) in [6.45, 7) is 6.28. The first kappa shape index (κ1) is 23.9. The molecule has 2 atom stereocenters. The highest BCUT2D eigenvalue weighted by Gasteiger charge is 2.25. The van der Waals surface area contributed by atoms with Gasteiger partial charge in [0.1, 0.15) is 23.5 Å². The van der Waals surface area contributed by atoms with E-state index in [4.69, 9.17) is 4.74 Å². The number of aliphatic carboxylic acids is 1. The van der Waals surface area contributed by atoms with E-state index >= 15 is 0 Å². The number of carboxylic acids is 1. The average Bonchev–Trinajstić information content (AvgIpc) is 2.98. The summed E-state index contributed by atoms with van der Waals surface area (Å²) in [6.07, 6.45) is 0.669. The van der Waals surface area contributed by atoms with Crippen molar-refractivity contribution in [3.8, 4) is 5.75 Å². The van der Waals surface area contributed by atoms with E-state index in [0.29, 0.717) is 12.1 Å². The van der Waals surface area contributed by atoms with E-state index < -0.39 is 23.5 Å². The predicted molar refractivity (Wildman–Crippen MR) is 127 cm³/mol. The van der Waals surface area contributed by atoms with Crippen LogP contribution < -0.4 is 4.74 Å². The quantitative estimate of drug-likeness (QED) is 0.461. The van der Waals surface area contributed by atoms with Gasteiger partial charge in [0.15, 0.2) is 0 Å². The number of carbonyl (C=O) groups is 1. The molecule has 4 rings (SSSR count). The Morgan fingerprint density at radius 3 is 2.68 bits per heavy atom. The Morgan fingerprint density at radius 1 is 1.15 bits per heavy atom. The lowest BCUT2D eigenvalue weighted by atomic mass is 9.86. The van der Waals surface area contributed by atoms with Crippen molar-refractivity contribution in [1.29, 1.82) is 0 Å². The first-order valence-corrected chi connectivity index (χ1v) is 11.6. The lowest BCUT2D eigenvalue weighted by Crippen LogP contribution is -2.32. The van der Waals surface area contributed by atoms with Crippen molar-refractivity contribution in [2.24, 2.45) is 0 Å². The fraction of sp³-hybridized carbons (Fsp3) is 0.321. The normalized spacial score (nSPS) is 16.9. The third-order valence-corrected chi connectivity index (χ3v) is 6.46. The van der Waals surface area contributed by atoms with Crippen LogP contribution in [0.1, 0.15) is 53.5 Å². The molecule has 0 amide bonds. The maximum atomic E-state index is 14.6. The van der Waals surface area contributed by atoms with Crippen LogP contribution in [-0.2, 0) is 17.9 Å². The molecule has 178 valence electrons. The molecule has 2 unspecified atom stereocenters. The van der Waals surface area contributed by atoms with Gasteiger partial charge >= 0.3 is 5.97 Å². The first-order valence-electron chi connectivity index (χ1n) is 11.6. The molecular weight excluding hydrogens is 436 g/mol. The maximum absolute atomic E-state index is 14.6. The molecule has 1 aliphatic rings. The molecular formula is C28H29F2NO3. The summed E-state index contributed by atoms with van der Waals surface area (Å²) in [7, 11) is 0. The highest BCUT2D eigenvalue weighted by molar-refractivity contribution is 5.69. The molecule has 0 radical (unpaired) electrons. The largest absolute Gasteiger partial charge is 0.489 e. The zero-order valence-electron chi connectivity index (χ0n) is 19.4. The van der Waals surface area contributed by atoms with Crippen LogP contribution in [-0.4, -0.2) is 28.6 Å². The Kier molecular flexibility index (Phi) is 7.27. The van der Waals surface area contributed by atoms with Crippen molar-refractivity contribution >= 4 is 5.97 Å². The number of fused-ring (bicyclic) bond motifs is 1. The minimum Gasteiger partial charge on any atom is -0.489 e. The number of hydrogen-bond donors (Lipinski definition) is 1. The van der Waals surface area contributed by atoms with Gasteiger partial charge in [0.05, 0.1) is 6.42 Å². The Labute approximate surface area is 198 Å². The van der Waals surface area contributed by atoms with Gasteiger partial charge in [-0.1, -0.05) is 49.4 Å². The van der Waals surface area contributed by atoms with E-state index in [1.165, 1.54) is 12.1 Å². The van der Waals surface area contributed by atoms with Gasteiger partial charge in [-0.25, -0.2) is 8.78 Å². The van der Waals surface area contributed by atoms with Crippen molar-refractivity contribution in [3.05, 3.63) is 100 Å². The molecule has 0 spiro atoms. The third-order valence-electron chi connectivity index (χ3n) is 6.46. The monoisotopic (exact) mass is 465 g/mol. The van der Waals surface area contributed by atoms with Crippen LogP contribution >= 0.6 is 0 Å². The molecule has 1 N–H and O–H groups in total. The summed E-state index contributed by atoms with van der Waals surface area (Å²) < 4.78 is 34.3. The van der Waals surface area contributed by atoms with Crippen molar-refractivity contribution in [2.75, 3.05) is 6.54 Å². The number of benzene rings is 3. The van der Waals surface area contributed by atoms with Gasteiger partial charge in [0, 0.05) is 37.2 Å². The molecule has 0 aromatic heterocycles. The van der Waals surface area contributed by atoms with Gasteiger partial charge in [-0.05, 0) is 47.7 Å². The lowest BCUT2D eigenvalue weighted by Gasteiger charge is -2.25. The molecule has 1 aliphatic heterocycles. The summed E-state index contributed by atoms with van der Waals surface area (Å²) in [4.78, 5) is 13.9. The van der Waals surface area contributed by atoms with E-state index in [-0.39, 0.29) is 18.1 Å². The number of ether oxygens (including phenoxy) is 1. The van der Waals surface area contributed by atoms with Crippen LogP contribution in [0.3, 0.4) is 0 Å². The molecule has 0 saturated carbocycles. The molecule has 1 heterocycles. The Hall–Kier alpha value is -3.25. The fourth-order valence-corrected chi connectivity index (χ4v) is 4.58. The summed E-state index contributed by atoms with van der Waals surface area (Å²) in [5.74, 6) is -2.26. The van der Waals surface area contributed by atoms with Crippen molar-refractivity contribution in [1.82, 2.24) is 4.90 Å². The zero-order chi connectivity index (χ0) is 24.2. The molecule has 3 aromatic carbocycles. The minimum absolute atomic E-state index is 0.0696. The van der Waals surface area contributed by atoms with Crippen molar-refractivity contribution in [2.45, 2.75) is 51.8 Å². The maximum Gasteiger partial charge on any atom is 0.304 e. The molecule has 34 heavy (non-hydrogen) atoms. The van der Waals surface area contributed by atoms with Crippen molar-refractivity contribution in [3.63, 3.8) is 0 Å². The number of nitrogens with zero attached hydrogens (tertiary/aromatic N) is 1. The molecule has 0 saturated heterocycles. The molecule has 0 fully saturated rings. The number of aryl methyl sites for hydroxylation is 1. The van der Waals surface area contributed by atoms with E-state index in [1.54, 1.807) is 0 Å². The highest BCUT2D eigenvalue weighted by atomic mass is 19.1. The topological polar surface area (TPSA) is 49.8 Å². The van der Waals surface area contributed by atoms with Gasteiger partial charge in [0.25, 0.3) is 0 Å². The smallest absolute Gasteiger partial charge is 0.304 e. The van der Waals surface area contributed by atoms with E-state index in [1.807, 2.05) is 43.3 Å². The van der Waals surface area contributed by atoms with Crippen LogP contribution in [0, 0.1) is 18.6 Å². The van der Waals surface area contributed by atoms with Gasteiger partial charge in [-0.15, -0.1) is 0 Å². The number of carboxylic acid groups (broad SMARTS) is 1. The van der Waals surface area contributed by atoms with Gasteiger partial charge in [-0.3, -0.25) is 9.69 Å². The summed E-state index contributed by atoms with van der Waals surface area (Å²) in [6, 6.07) is 17.1. The number of rotatable bonds is 7. The Morgan fingerprint density at radius 2 is 1.94 bits per heavy atom. The van der Waals surface area contributed by atoms with Crippen LogP contribution in [0.5, 0.6) is 5.75 Å². The van der Waals surface area contributed by atoms with E-state index in [0.717, 1.165) is 48.0 Å². The number of para-hydroxylation sites is 1. The number of hydrogen-bond acceptors (Lipinski definition) is 3. The van der Waals surface area contributed by atoms with E-state index in [9.17, 15) is 18.7 Å². The second-order valence-corrected chi connectivity index (χ2v) is 8.93. The van der Waals surface area contributed by atoms with Crippen LogP contribution in [0.4, 0.5) is 8.78 Å². The third kappa shape index (κ3) is 5.45. The standard InChI is InChI=1S/C28H29F2NO3/c1-3-23-17-31(15-20-6-4-5-7-27(20)34-23)16-21-12-19(9-8-18(21)2)25(14-28(32)33)24-11-10-22(29)13-26(24)30/h4-13,23,25H,3,14-17H2,1-2H3,(H,32,33). The summed E-state index contributed by atoms with van der Waals surface area (Å²) in [5, 5.41) is 9.50. The molecule has 0 aliphatic carbocycles. The van der Waals surface area contributed by atoms with E-state index in [2.05, 4.69) is 17.9 Å². The molecule has 0 bridgehead atoms. The fourth-order valence-electron chi connectivity index (χ4n) is 4.58. The number of halogens is 2. The van der Waals surface area contributed by atoms with Crippen LogP contribution in [0.2, 0.25) is 0 Å². The van der Waals surface area contributed by atoms with Gasteiger partial charge < -0.3 is 9.84 Å². The first-order chi connectivity index (χ1) is 16.3. The predicted octanol–water partition coefficient (Wildman–Crippen LogP) is 6.05. The highest BCUT2D eigenvalue weighted by Crippen LogP contribution is 2.33. The molecule has 4 nitrogen and oxygen atoms in total. The lowest BCUT2D eigenvalue weighted by molar-refractivity contribution is -0.137. The van der Waals surface area contributed by atoms with Crippen LogP contribution in [0.25, 0.3) is 0 Å². The second kappa shape index (κ2) is 10.3.